The van der Waals surface area contributed by atoms with Crippen molar-refractivity contribution in [3.63, 3.8) is 0 Å². The van der Waals surface area contributed by atoms with E-state index in [4.69, 9.17) is 4.53 Å². The van der Waals surface area contributed by atoms with Gasteiger partial charge in [-0.05, 0) is 25.2 Å². The third kappa shape index (κ3) is 6.01. The number of hydrogen-bond donors (Lipinski definition) is 0. The molecule has 0 aliphatic carbocycles. The summed E-state index contributed by atoms with van der Waals surface area (Å²) in [6.07, 6.45) is 2.94. The topological polar surface area (TPSA) is 47.9 Å². The van der Waals surface area contributed by atoms with Gasteiger partial charge in [0.1, 0.15) is 0 Å². The van der Waals surface area contributed by atoms with E-state index in [9.17, 15) is 4.79 Å². The van der Waals surface area contributed by atoms with Crippen LogP contribution in [0.3, 0.4) is 0 Å². The molecule has 0 bridgehead atoms. The van der Waals surface area contributed by atoms with Crippen LogP contribution in [-0.2, 0) is 14.1 Å². The van der Waals surface area contributed by atoms with Gasteiger partial charge >= 0.3 is 5.97 Å². The normalized spacial score (nSPS) is 12.5. The van der Waals surface area contributed by atoms with Gasteiger partial charge in [-0.15, -0.1) is 5.16 Å². The average molecular weight is 277 g/mol. The molecule has 0 unspecified atom stereocenters. The molecule has 0 saturated heterocycles. The molecule has 1 aromatic rings. The maximum atomic E-state index is 11.4. The number of hydrogen-bond acceptors (Lipinski definition) is 4. The Bertz CT molecular complexity index is 475. The third-order valence-corrected chi connectivity index (χ3v) is 2.75. The van der Waals surface area contributed by atoms with Crippen LogP contribution in [-0.4, -0.2) is 27.6 Å². The van der Waals surface area contributed by atoms with E-state index in [0.717, 1.165) is 5.56 Å². The van der Waals surface area contributed by atoms with Crippen LogP contribution in [0.1, 0.15) is 5.56 Å². The minimum absolute atomic E-state index is 0.418. The van der Waals surface area contributed by atoms with E-state index in [1.807, 2.05) is 50.0 Å². The summed E-state index contributed by atoms with van der Waals surface area (Å²) in [6.45, 7) is 6.11. The van der Waals surface area contributed by atoms with Crippen molar-refractivity contribution in [2.45, 2.75) is 19.6 Å². The Morgan fingerprint density at radius 3 is 2.37 bits per heavy atom. The Morgan fingerprint density at radius 1 is 1.21 bits per heavy atom. The Hall–Kier alpha value is -1.88. The maximum absolute atomic E-state index is 11.4. The molecular weight excluding hydrogens is 258 g/mol. The lowest BCUT2D eigenvalue weighted by Gasteiger charge is -2.12. The quantitative estimate of drug-likeness (QED) is 0.273. The van der Waals surface area contributed by atoms with Crippen LogP contribution >= 0.6 is 0 Å². The van der Waals surface area contributed by atoms with Crippen LogP contribution < -0.4 is 0 Å². The van der Waals surface area contributed by atoms with Crippen molar-refractivity contribution in [1.29, 1.82) is 0 Å². The molecule has 4 nitrogen and oxygen atoms in total. The predicted molar refractivity (Wildman–Crippen MR) is 79.4 cm³/mol. The first-order chi connectivity index (χ1) is 8.92. The lowest BCUT2D eigenvalue weighted by atomic mass is 10.1. The highest BCUT2D eigenvalue weighted by Crippen LogP contribution is 2.13. The number of carbonyl (C=O) groups is 1. The van der Waals surface area contributed by atoms with Crippen LogP contribution in [0.4, 0.5) is 0 Å². The van der Waals surface area contributed by atoms with Crippen LogP contribution in [0.25, 0.3) is 5.57 Å². The van der Waals surface area contributed by atoms with E-state index >= 15 is 0 Å². The second-order valence-corrected chi connectivity index (χ2v) is 9.33. The molecule has 5 heteroatoms. The number of esters is 1. The number of nitrogens with zero attached hydrogens (tertiary/aromatic N) is 1. The molecule has 102 valence electrons. The summed E-state index contributed by atoms with van der Waals surface area (Å²) in [4.78, 5) is 11.4. The predicted octanol–water partition coefficient (Wildman–Crippen LogP) is 3.08. The fourth-order valence-electron chi connectivity index (χ4n) is 1.25. The number of rotatable bonds is 5. The van der Waals surface area contributed by atoms with Gasteiger partial charge in [-0.3, -0.25) is 0 Å². The molecule has 0 spiro atoms. The van der Waals surface area contributed by atoms with Crippen LogP contribution in [0.2, 0.25) is 19.6 Å². The fourth-order valence-corrected chi connectivity index (χ4v) is 1.62. The van der Waals surface area contributed by atoms with E-state index in [2.05, 4.69) is 9.89 Å². The molecular formula is C14H19NO3Si. The van der Waals surface area contributed by atoms with Crippen molar-refractivity contribution in [3.8, 4) is 0 Å². The first kappa shape index (κ1) is 15.2. The van der Waals surface area contributed by atoms with Gasteiger partial charge in [0, 0.05) is 11.6 Å². The lowest BCUT2D eigenvalue weighted by molar-refractivity contribution is -0.134. The Kier molecular flexibility index (Phi) is 5.50. The molecule has 0 aliphatic heterocycles. The summed E-state index contributed by atoms with van der Waals surface area (Å²) >= 11 is 0. The second kappa shape index (κ2) is 6.89. The van der Waals surface area contributed by atoms with Crippen molar-refractivity contribution >= 4 is 26.1 Å². The van der Waals surface area contributed by atoms with Crippen LogP contribution in [0, 0.1) is 0 Å². The molecule has 0 saturated carbocycles. The summed E-state index contributed by atoms with van der Waals surface area (Å²) in [7, 11) is -0.370. The number of carbonyl (C=O) groups excluding carboxylic acids is 1. The third-order valence-electron chi connectivity index (χ3n) is 2.10. The van der Waals surface area contributed by atoms with E-state index < -0.39 is 14.3 Å². The summed E-state index contributed by atoms with van der Waals surface area (Å²) in [5.74, 6) is -0.418. The molecule has 0 amide bonds. The largest absolute Gasteiger partial charge is 0.466 e. The summed E-state index contributed by atoms with van der Waals surface area (Å²) in [6, 6.07) is 9.50. The highest BCUT2D eigenvalue weighted by molar-refractivity contribution is 6.69. The van der Waals surface area contributed by atoms with Gasteiger partial charge in [-0.25, -0.2) is 4.79 Å². The maximum Gasteiger partial charge on any atom is 0.331 e. The van der Waals surface area contributed by atoms with E-state index in [-0.39, 0.29) is 0 Å². The van der Waals surface area contributed by atoms with Crippen molar-refractivity contribution < 1.29 is 14.1 Å². The van der Waals surface area contributed by atoms with Gasteiger partial charge in [-0.1, -0.05) is 30.3 Å². The number of benzene rings is 1. The molecule has 1 rings (SSSR count). The molecule has 0 fully saturated rings. The highest BCUT2D eigenvalue weighted by Gasteiger charge is 2.15. The first-order valence-corrected chi connectivity index (χ1v) is 9.40. The molecule has 0 aromatic heterocycles. The molecule has 1 aromatic carbocycles. The zero-order valence-corrected chi connectivity index (χ0v) is 12.7. The van der Waals surface area contributed by atoms with E-state index in [1.165, 1.54) is 13.2 Å². The Balaban J connectivity index is 2.95. The number of ether oxygens (including phenoxy) is 1. The fraction of sp³-hybridized carbons (Fsp3) is 0.286. The molecule has 0 heterocycles. The first-order valence-electron chi connectivity index (χ1n) is 5.99. The van der Waals surface area contributed by atoms with Gasteiger partial charge in [0.05, 0.1) is 13.3 Å². The Labute approximate surface area is 114 Å². The molecule has 0 radical (unpaired) electrons. The van der Waals surface area contributed by atoms with Crippen LogP contribution in [0.5, 0.6) is 0 Å². The van der Waals surface area contributed by atoms with Crippen molar-refractivity contribution in [3.05, 3.63) is 42.0 Å². The molecule has 0 atom stereocenters. The van der Waals surface area contributed by atoms with Crippen molar-refractivity contribution in [1.82, 2.24) is 0 Å². The van der Waals surface area contributed by atoms with Crippen LogP contribution in [0.15, 0.2) is 41.6 Å². The van der Waals surface area contributed by atoms with Crippen molar-refractivity contribution in [2.75, 3.05) is 7.11 Å². The van der Waals surface area contributed by atoms with Gasteiger partial charge in [0.2, 0.25) is 0 Å². The SMILES string of the molecule is COC(=O)/C=C(/C=N/O[Si](C)(C)C)c1ccccc1. The van der Waals surface area contributed by atoms with E-state index in [1.54, 1.807) is 6.21 Å². The standard InChI is InChI=1S/C14H19NO3Si/c1-17-14(16)10-13(11-15-18-19(2,3)4)12-8-6-5-7-9-12/h5-11H,1-4H3/b13-10-,15-11+. The smallest absolute Gasteiger partial charge is 0.331 e. The summed E-state index contributed by atoms with van der Waals surface area (Å²) < 4.78 is 10.1. The molecule has 0 N–H and O–H groups in total. The molecule has 0 aliphatic rings. The Morgan fingerprint density at radius 2 is 1.84 bits per heavy atom. The summed E-state index contributed by atoms with van der Waals surface area (Å²) in [5, 5.41) is 3.97. The zero-order valence-electron chi connectivity index (χ0n) is 11.7. The van der Waals surface area contributed by atoms with Gasteiger partial charge in [0.15, 0.2) is 0 Å². The van der Waals surface area contributed by atoms with Gasteiger partial charge in [0.25, 0.3) is 8.32 Å². The van der Waals surface area contributed by atoms with E-state index in [0.29, 0.717) is 5.57 Å². The number of allylic oxidation sites excluding steroid dienone is 1. The number of methoxy groups -OCH3 is 1. The van der Waals surface area contributed by atoms with Gasteiger partial charge in [-0.2, -0.15) is 0 Å². The highest BCUT2D eigenvalue weighted by atomic mass is 28.4. The number of oxime groups is 1. The second-order valence-electron chi connectivity index (χ2n) is 4.93. The minimum Gasteiger partial charge on any atom is -0.466 e. The monoisotopic (exact) mass is 277 g/mol. The average Bonchev–Trinajstić information content (AvgIpc) is 2.37. The van der Waals surface area contributed by atoms with Gasteiger partial charge < -0.3 is 9.26 Å². The lowest BCUT2D eigenvalue weighted by Crippen LogP contribution is -2.22. The zero-order chi connectivity index (χ0) is 14.3. The minimum atomic E-state index is -1.71. The molecule has 19 heavy (non-hydrogen) atoms. The van der Waals surface area contributed by atoms with Crippen molar-refractivity contribution in [2.24, 2.45) is 5.16 Å². The summed E-state index contributed by atoms with van der Waals surface area (Å²) in [5.41, 5.74) is 1.54.